The number of hydrogen-bond acceptors (Lipinski definition) is 5. The molecule has 38 heavy (non-hydrogen) atoms. The van der Waals surface area contributed by atoms with Crippen LogP contribution in [0.15, 0.2) is 71.3 Å². The van der Waals surface area contributed by atoms with E-state index in [9.17, 15) is 27.6 Å². The van der Waals surface area contributed by atoms with Gasteiger partial charge in [0, 0.05) is 31.2 Å². The summed E-state index contributed by atoms with van der Waals surface area (Å²) in [4.78, 5) is 42.7. The first-order valence-corrected chi connectivity index (χ1v) is 12.1. The molecule has 3 aromatic rings. The van der Waals surface area contributed by atoms with E-state index in [4.69, 9.17) is 4.42 Å². The number of carbonyl (C=O) groups excluding carboxylic acids is 3. The number of alkyl halides is 3. The van der Waals surface area contributed by atoms with Crippen LogP contribution in [-0.2, 0) is 11.3 Å². The zero-order valence-corrected chi connectivity index (χ0v) is 20.1. The van der Waals surface area contributed by atoms with Crippen LogP contribution in [-0.4, -0.2) is 53.0 Å². The van der Waals surface area contributed by atoms with Crippen LogP contribution < -0.4 is 10.1 Å². The van der Waals surface area contributed by atoms with Crippen molar-refractivity contribution in [2.45, 2.75) is 37.8 Å². The summed E-state index contributed by atoms with van der Waals surface area (Å²) in [5.74, 6) is -0.960. The van der Waals surface area contributed by atoms with E-state index in [1.54, 1.807) is 46.2 Å². The number of piperidine rings is 1. The summed E-state index contributed by atoms with van der Waals surface area (Å²) in [6.45, 7) is 0.873. The van der Waals surface area contributed by atoms with Gasteiger partial charge < -0.3 is 24.3 Å². The van der Waals surface area contributed by atoms with Gasteiger partial charge >= 0.3 is 6.36 Å². The standard InChI is InChI=1S/C27H24F3N3O5/c28-27(29,30)38-19-9-7-17(8-10-19)16-31-24(34)23-20-4-1-2-5-21(20)25(35)33(23)18-11-13-32(14-12-18)26(36)22-6-3-15-37-22/h1-10,15,18,23H,11-14,16H2,(H,31,34). The van der Waals surface area contributed by atoms with E-state index in [0.717, 1.165) is 0 Å². The van der Waals surface area contributed by atoms with Gasteiger partial charge in [0.25, 0.3) is 11.8 Å². The van der Waals surface area contributed by atoms with Crippen LogP contribution in [0.1, 0.15) is 50.9 Å². The zero-order valence-electron chi connectivity index (χ0n) is 20.1. The van der Waals surface area contributed by atoms with E-state index < -0.39 is 18.3 Å². The molecule has 3 heterocycles. The molecule has 11 heteroatoms. The lowest BCUT2D eigenvalue weighted by Gasteiger charge is -2.38. The van der Waals surface area contributed by atoms with Crippen LogP contribution in [0.5, 0.6) is 5.75 Å². The van der Waals surface area contributed by atoms with E-state index >= 15 is 0 Å². The number of rotatable bonds is 6. The van der Waals surface area contributed by atoms with Gasteiger partial charge in [0.1, 0.15) is 11.8 Å². The van der Waals surface area contributed by atoms with Crippen molar-refractivity contribution in [3.05, 3.63) is 89.4 Å². The van der Waals surface area contributed by atoms with Crippen LogP contribution in [0.2, 0.25) is 0 Å². The van der Waals surface area contributed by atoms with Crippen molar-refractivity contribution in [3.8, 4) is 5.75 Å². The third kappa shape index (κ3) is 5.22. The third-order valence-corrected chi connectivity index (χ3v) is 6.75. The first kappa shape index (κ1) is 25.4. The molecule has 1 saturated heterocycles. The molecule has 0 saturated carbocycles. The van der Waals surface area contributed by atoms with Crippen molar-refractivity contribution < 1.29 is 36.7 Å². The molecule has 5 rings (SSSR count). The molecule has 2 aliphatic heterocycles. The lowest BCUT2D eigenvalue weighted by atomic mass is 10.00. The topological polar surface area (TPSA) is 92.1 Å². The number of ether oxygens (including phenoxy) is 1. The highest BCUT2D eigenvalue weighted by atomic mass is 19.4. The second-order valence-electron chi connectivity index (χ2n) is 9.11. The van der Waals surface area contributed by atoms with Crippen LogP contribution in [0.25, 0.3) is 0 Å². The minimum absolute atomic E-state index is 0.0575. The minimum atomic E-state index is -4.79. The van der Waals surface area contributed by atoms with Crippen molar-refractivity contribution in [2.75, 3.05) is 13.1 Å². The van der Waals surface area contributed by atoms with Crippen molar-refractivity contribution in [3.63, 3.8) is 0 Å². The first-order chi connectivity index (χ1) is 18.2. The second-order valence-corrected chi connectivity index (χ2v) is 9.11. The maximum atomic E-state index is 13.4. The molecule has 0 aliphatic carbocycles. The van der Waals surface area contributed by atoms with Gasteiger partial charge in [-0.3, -0.25) is 14.4 Å². The van der Waals surface area contributed by atoms with Gasteiger partial charge in [-0.25, -0.2) is 0 Å². The van der Waals surface area contributed by atoms with Gasteiger partial charge in [0.05, 0.1) is 6.26 Å². The summed E-state index contributed by atoms with van der Waals surface area (Å²) in [6, 6.07) is 14.3. The van der Waals surface area contributed by atoms with Crippen molar-refractivity contribution in [1.82, 2.24) is 15.1 Å². The molecule has 1 N–H and O–H groups in total. The van der Waals surface area contributed by atoms with E-state index in [1.165, 1.54) is 30.5 Å². The van der Waals surface area contributed by atoms with Crippen molar-refractivity contribution in [2.24, 2.45) is 0 Å². The summed E-state index contributed by atoms with van der Waals surface area (Å²) in [5, 5.41) is 2.81. The Kier molecular flexibility index (Phi) is 6.83. The Morgan fingerprint density at radius 1 is 1.00 bits per heavy atom. The Balaban J connectivity index is 1.28. The molecule has 3 amide bonds. The maximum Gasteiger partial charge on any atom is 0.573 e. The quantitative estimate of drug-likeness (QED) is 0.516. The molecule has 2 aliphatic rings. The Labute approximate surface area is 216 Å². The largest absolute Gasteiger partial charge is 0.573 e. The predicted molar refractivity (Wildman–Crippen MR) is 128 cm³/mol. The summed E-state index contributed by atoms with van der Waals surface area (Å²) in [5.41, 5.74) is 1.62. The molecule has 1 atom stereocenters. The van der Waals surface area contributed by atoms with E-state index in [0.29, 0.717) is 42.6 Å². The highest BCUT2D eigenvalue weighted by Gasteiger charge is 2.45. The van der Waals surface area contributed by atoms with Gasteiger partial charge in [0.15, 0.2) is 5.76 Å². The number of benzene rings is 2. The molecule has 2 aromatic carbocycles. The lowest BCUT2D eigenvalue weighted by molar-refractivity contribution is -0.274. The van der Waals surface area contributed by atoms with Gasteiger partial charge in [-0.2, -0.15) is 0 Å². The highest BCUT2D eigenvalue weighted by molar-refractivity contribution is 6.05. The van der Waals surface area contributed by atoms with E-state index in [2.05, 4.69) is 10.1 Å². The average molecular weight is 527 g/mol. The zero-order chi connectivity index (χ0) is 26.9. The SMILES string of the molecule is O=C(NCc1ccc(OC(F)(F)F)cc1)C1c2ccccc2C(=O)N1C1CCN(C(=O)c2ccco2)CC1. The maximum absolute atomic E-state index is 13.4. The van der Waals surface area contributed by atoms with E-state index in [1.807, 2.05) is 0 Å². The Morgan fingerprint density at radius 3 is 2.37 bits per heavy atom. The second kappa shape index (κ2) is 10.2. The summed E-state index contributed by atoms with van der Waals surface area (Å²) in [7, 11) is 0. The van der Waals surface area contributed by atoms with Gasteiger partial charge in [-0.05, 0) is 54.3 Å². The number of likely N-dealkylation sites (tertiary alicyclic amines) is 1. The fourth-order valence-corrected chi connectivity index (χ4v) is 4.98. The number of halogens is 3. The molecule has 8 nitrogen and oxygen atoms in total. The molecule has 198 valence electrons. The molecular formula is C27H24F3N3O5. The van der Waals surface area contributed by atoms with E-state index in [-0.39, 0.29) is 35.9 Å². The normalized spacial score (nSPS) is 17.9. The lowest BCUT2D eigenvalue weighted by Crippen LogP contribution is -2.50. The average Bonchev–Trinajstić information content (AvgIpc) is 3.54. The fourth-order valence-electron chi connectivity index (χ4n) is 4.98. The molecule has 0 radical (unpaired) electrons. The number of nitrogens with one attached hydrogen (secondary N) is 1. The molecular weight excluding hydrogens is 503 g/mol. The number of hydrogen-bond donors (Lipinski definition) is 1. The predicted octanol–water partition coefficient (Wildman–Crippen LogP) is 4.30. The molecule has 0 spiro atoms. The van der Waals surface area contributed by atoms with Crippen LogP contribution in [0, 0.1) is 0 Å². The fraction of sp³-hybridized carbons (Fsp3) is 0.296. The number of nitrogens with zero attached hydrogens (tertiary/aromatic N) is 2. The molecule has 1 unspecified atom stereocenters. The van der Waals surface area contributed by atoms with Crippen LogP contribution in [0.3, 0.4) is 0 Å². The monoisotopic (exact) mass is 527 g/mol. The first-order valence-electron chi connectivity index (χ1n) is 12.1. The number of fused-ring (bicyclic) bond motifs is 1. The van der Waals surface area contributed by atoms with Crippen molar-refractivity contribution >= 4 is 17.7 Å². The number of amides is 3. The Hall–Kier alpha value is -4.28. The Morgan fingerprint density at radius 2 is 1.71 bits per heavy atom. The molecule has 1 fully saturated rings. The third-order valence-electron chi connectivity index (χ3n) is 6.75. The Bertz CT molecular complexity index is 1320. The number of carbonyl (C=O) groups is 3. The summed E-state index contributed by atoms with van der Waals surface area (Å²) in [6.07, 6.45) is -2.36. The highest BCUT2D eigenvalue weighted by Crippen LogP contribution is 2.38. The van der Waals surface area contributed by atoms with Gasteiger partial charge in [0.2, 0.25) is 5.91 Å². The smallest absolute Gasteiger partial charge is 0.459 e. The summed E-state index contributed by atoms with van der Waals surface area (Å²) < 4.78 is 46.3. The molecule has 0 bridgehead atoms. The van der Waals surface area contributed by atoms with Crippen LogP contribution in [0.4, 0.5) is 13.2 Å². The number of furan rings is 1. The van der Waals surface area contributed by atoms with Crippen LogP contribution >= 0.6 is 0 Å². The minimum Gasteiger partial charge on any atom is -0.459 e. The summed E-state index contributed by atoms with van der Waals surface area (Å²) >= 11 is 0. The molecule has 1 aromatic heterocycles. The van der Waals surface area contributed by atoms with Gasteiger partial charge in [-0.15, -0.1) is 13.2 Å². The van der Waals surface area contributed by atoms with Gasteiger partial charge in [-0.1, -0.05) is 30.3 Å². The van der Waals surface area contributed by atoms with Crippen molar-refractivity contribution in [1.29, 1.82) is 0 Å².